The van der Waals surface area contributed by atoms with Crippen molar-refractivity contribution < 1.29 is 9.16 Å². The van der Waals surface area contributed by atoms with Gasteiger partial charge in [-0.15, -0.1) is 12.4 Å². The molecule has 0 amide bonds. The molecule has 0 aliphatic carbocycles. The monoisotopic (exact) mass is 267 g/mol. The Labute approximate surface area is 107 Å². The molecule has 0 unspecified atom stereocenters. The molecule has 1 rings (SSSR count). The Bertz CT molecular complexity index is 201. The smallest absolute Gasteiger partial charge is 0.192 e. The van der Waals surface area contributed by atoms with E-state index in [2.05, 4.69) is 39.2 Å². The Morgan fingerprint density at radius 3 is 2.44 bits per heavy atom. The Morgan fingerprint density at radius 1 is 1.38 bits per heavy atom. The van der Waals surface area contributed by atoms with E-state index in [0.29, 0.717) is 11.1 Å². The number of ether oxygens (including phenoxy) is 1. The molecule has 0 aromatic heterocycles. The van der Waals surface area contributed by atoms with Gasteiger partial charge in [0.1, 0.15) is 0 Å². The lowest BCUT2D eigenvalue weighted by atomic mass is 10.2. The fraction of sp³-hybridized carbons (Fsp3) is 1.00. The van der Waals surface area contributed by atoms with Crippen molar-refractivity contribution in [2.24, 2.45) is 0 Å². The van der Waals surface area contributed by atoms with Gasteiger partial charge in [-0.05, 0) is 18.1 Å². The van der Waals surface area contributed by atoms with Gasteiger partial charge < -0.3 is 14.5 Å². The van der Waals surface area contributed by atoms with Crippen LogP contribution in [-0.2, 0) is 9.16 Å². The first kappa shape index (κ1) is 16.4. The third-order valence-electron chi connectivity index (χ3n) is 3.45. The Kier molecular flexibility index (Phi) is 6.51. The summed E-state index contributed by atoms with van der Waals surface area (Å²) in [7, 11) is -1.58. The number of hydrogen-bond acceptors (Lipinski definition) is 3. The van der Waals surface area contributed by atoms with Gasteiger partial charge in [0, 0.05) is 6.54 Å². The van der Waals surface area contributed by atoms with E-state index in [1.807, 2.05) is 0 Å². The molecule has 0 aromatic carbocycles. The first-order valence-corrected chi connectivity index (χ1v) is 8.69. The number of morpholine rings is 1. The molecular formula is C11H26ClNO2Si. The van der Waals surface area contributed by atoms with Crippen molar-refractivity contribution in [1.82, 2.24) is 5.32 Å². The van der Waals surface area contributed by atoms with Gasteiger partial charge in [0.25, 0.3) is 0 Å². The molecule has 0 radical (unpaired) electrons. The van der Waals surface area contributed by atoms with Gasteiger partial charge in [-0.2, -0.15) is 0 Å². The molecule has 0 saturated carbocycles. The second kappa shape index (κ2) is 6.35. The van der Waals surface area contributed by atoms with Crippen molar-refractivity contribution >= 4 is 20.7 Å². The van der Waals surface area contributed by atoms with Crippen LogP contribution in [0.5, 0.6) is 0 Å². The van der Waals surface area contributed by atoms with Crippen molar-refractivity contribution in [3.8, 4) is 0 Å². The second-order valence-corrected chi connectivity index (χ2v) is 10.6. The van der Waals surface area contributed by atoms with E-state index < -0.39 is 8.32 Å². The van der Waals surface area contributed by atoms with Gasteiger partial charge in [-0.1, -0.05) is 20.8 Å². The van der Waals surface area contributed by atoms with Crippen LogP contribution in [0.15, 0.2) is 0 Å². The normalized spacial score (nSPS) is 22.7. The van der Waals surface area contributed by atoms with Gasteiger partial charge in [0.05, 0.1) is 25.9 Å². The zero-order valence-corrected chi connectivity index (χ0v) is 12.9. The standard InChI is InChI=1S/C11H25NO2Si.ClH/c1-11(2,3)15(4,5)14-9-10-8-13-7-6-12-10;/h10,12H,6-9H2,1-5H3;1H/t10-;/m1./s1. The number of rotatable bonds is 3. The summed E-state index contributed by atoms with van der Waals surface area (Å²) in [4.78, 5) is 0. The summed E-state index contributed by atoms with van der Waals surface area (Å²) < 4.78 is 11.5. The summed E-state index contributed by atoms with van der Waals surface area (Å²) in [6.07, 6.45) is 0. The summed E-state index contributed by atoms with van der Waals surface area (Å²) in [5.41, 5.74) is 0. The van der Waals surface area contributed by atoms with Crippen LogP contribution in [-0.4, -0.2) is 40.7 Å². The molecular weight excluding hydrogens is 242 g/mol. The minimum Gasteiger partial charge on any atom is -0.415 e. The van der Waals surface area contributed by atoms with Crippen LogP contribution in [0, 0.1) is 0 Å². The van der Waals surface area contributed by atoms with E-state index in [-0.39, 0.29) is 12.4 Å². The molecule has 0 bridgehead atoms. The van der Waals surface area contributed by atoms with Crippen molar-refractivity contribution in [3.63, 3.8) is 0 Å². The topological polar surface area (TPSA) is 30.5 Å². The lowest BCUT2D eigenvalue weighted by Crippen LogP contribution is -2.49. The third kappa shape index (κ3) is 4.71. The highest BCUT2D eigenvalue weighted by Gasteiger charge is 2.37. The van der Waals surface area contributed by atoms with Crippen molar-refractivity contribution in [1.29, 1.82) is 0 Å². The predicted octanol–water partition coefficient (Wildman–Crippen LogP) is 2.42. The molecule has 1 aliphatic rings. The van der Waals surface area contributed by atoms with Gasteiger partial charge in [-0.25, -0.2) is 0 Å². The van der Waals surface area contributed by atoms with E-state index in [0.717, 1.165) is 26.4 Å². The van der Waals surface area contributed by atoms with Crippen LogP contribution in [0.2, 0.25) is 18.1 Å². The maximum absolute atomic E-state index is 6.13. The molecule has 16 heavy (non-hydrogen) atoms. The van der Waals surface area contributed by atoms with Crippen molar-refractivity contribution in [3.05, 3.63) is 0 Å². The Morgan fingerprint density at radius 2 is 2.00 bits per heavy atom. The fourth-order valence-corrected chi connectivity index (χ4v) is 2.30. The van der Waals surface area contributed by atoms with E-state index in [1.165, 1.54) is 0 Å². The van der Waals surface area contributed by atoms with Crippen LogP contribution in [0.4, 0.5) is 0 Å². The quantitative estimate of drug-likeness (QED) is 0.797. The number of halogens is 1. The molecule has 1 saturated heterocycles. The molecule has 1 N–H and O–H groups in total. The first-order chi connectivity index (χ1) is 6.83. The molecule has 1 atom stereocenters. The summed E-state index contributed by atoms with van der Waals surface area (Å²) >= 11 is 0. The molecule has 1 fully saturated rings. The highest BCUT2D eigenvalue weighted by Crippen LogP contribution is 2.36. The van der Waals surface area contributed by atoms with Crippen LogP contribution < -0.4 is 5.32 Å². The van der Waals surface area contributed by atoms with Crippen LogP contribution in [0.25, 0.3) is 0 Å². The third-order valence-corrected chi connectivity index (χ3v) is 7.95. The highest BCUT2D eigenvalue weighted by atomic mass is 35.5. The summed E-state index contributed by atoms with van der Waals surface area (Å²) in [5.74, 6) is 0. The number of hydrogen-bond donors (Lipinski definition) is 1. The fourth-order valence-electron chi connectivity index (χ4n) is 1.25. The maximum Gasteiger partial charge on any atom is 0.192 e. The van der Waals surface area contributed by atoms with E-state index in [4.69, 9.17) is 9.16 Å². The van der Waals surface area contributed by atoms with E-state index >= 15 is 0 Å². The zero-order chi connectivity index (χ0) is 11.5. The molecule has 98 valence electrons. The van der Waals surface area contributed by atoms with Crippen molar-refractivity contribution in [2.75, 3.05) is 26.4 Å². The summed E-state index contributed by atoms with van der Waals surface area (Å²) in [6, 6.07) is 0.382. The molecule has 0 aromatic rings. The predicted molar refractivity (Wildman–Crippen MR) is 73.0 cm³/mol. The molecule has 3 nitrogen and oxygen atoms in total. The zero-order valence-electron chi connectivity index (χ0n) is 11.1. The van der Waals surface area contributed by atoms with Gasteiger partial charge in [0.2, 0.25) is 0 Å². The minimum absolute atomic E-state index is 0. The SMILES string of the molecule is CC(C)(C)[Si](C)(C)OC[C@H]1COCCN1.Cl. The van der Waals surface area contributed by atoms with Crippen LogP contribution >= 0.6 is 12.4 Å². The van der Waals surface area contributed by atoms with Gasteiger partial charge in [-0.3, -0.25) is 0 Å². The summed E-state index contributed by atoms with van der Waals surface area (Å²) in [5, 5.41) is 3.71. The Balaban J connectivity index is 0.00000225. The maximum atomic E-state index is 6.13. The van der Waals surface area contributed by atoms with E-state index in [9.17, 15) is 0 Å². The lowest BCUT2D eigenvalue weighted by molar-refractivity contribution is 0.0569. The van der Waals surface area contributed by atoms with E-state index in [1.54, 1.807) is 0 Å². The largest absolute Gasteiger partial charge is 0.415 e. The van der Waals surface area contributed by atoms with Gasteiger partial charge >= 0.3 is 0 Å². The molecule has 5 heteroatoms. The molecule has 0 spiro atoms. The summed E-state index contributed by atoms with van der Waals surface area (Å²) in [6.45, 7) is 14.7. The minimum atomic E-state index is -1.58. The van der Waals surface area contributed by atoms with Gasteiger partial charge in [0.15, 0.2) is 8.32 Å². The number of nitrogens with one attached hydrogen (secondary N) is 1. The molecule has 1 aliphatic heterocycles. The molecule has 1 heterocycles. The lowest BCUT2D eigenvalue weighted by Gasteiger charge is -2.37. The average Bonchev–Trinajstić information content (AvgIpc) is 2.15. The highest BCUT2D eigenvalue weighted by molar-refractivity contribution is 6.74. The van der Waals surface area contributed by atoms with Crippen LogP contribution in [0.3, 0.4) is 0 Å². The second-order valence-electron chi connectivity index (χ2n) is 5.80. The average molecular weight is 268 g/mol. The Hall–Kier alpha value is 0.387. The first-order valence-electron chi connectivity index (χ1n) is 5.78. The van der Waals surface area contributed by atoms with Crippen molar-refractivity contribution in [2.45, 2.75) is 44.9 Å². The van der Waals surface area contributed by atoms with Crippen LogP contribution in [0.1, 0.15) is 20.8 Å².